The van der Waals surface area contributed by atoms with Gasteiger partial charge in [0.05, 0.1) is 0 Å². The molecule has 0 atom stereocenters. The second-order valence-corrected chi connectivity index (χ2v) is 5.35. The van der Waals surface area contributed by atoms with Crippen molar-refractivity contribution in [1.82, 2.24) is 9.97 Å². The smallest absolute Gasteiger partial charge is 0.131 e. The van der Waals surface area contributed by atoms with Gasteiger partial charge in [-0.25, -0.2) is 9.97 Å². The second kappa shape index (κ2) is 7.19. The highest BCUT2D eigenvalue weighted by molar-refractivity contribution is 5.46. The molecule has 0 aromatic carbocycles. The number of anilines is 2. The summed E-state index contributed by atoms with van der Waals surface area (Å²) in [5.41, 5.74) is 0. The zero-order valence-corrected chi connectivity index (χ0v) is 12.2. The summed E-state index contributed by atoms with van der Waals surface area (Å²) in [4.78, 5) is 8.41. The Kier molecular flexibility index (Phi) is 5.89. The monoisotopic (exact) mass is 250 g/mol. The maximum atomic E-state index is 4.25. The van der Waals surface area contributed by atoms with Crippen LogP contribution in [-0.4, -0.2) is 23.1 Å². The van der Waals surface area contributed by atoms with E-state index in [0.29, 0.717) is 17.8 Å². The van der Waals surface area contributed by atoms with Crippen LogP contribution in [0, 0.1) is 17.8 Å². The molecule has 0 saturated carbocycles. The van der Waals surface area contributed by atoms with Gasteiger partial charge < -0.3 is 10.6 Å². The van der Waals surface area contributed by atoms with E-state index in [4.69, 9.17) is 0 Å². The van der Waals surface area contributed by atoms with Crippen molar-refractivity contribution in [2.24, 2.45) is 17.8 Å². The summed E-state index contributed by atoms with van der Waals surface area (Å²) < 4.78 is 0. The summed E-state index contributed by atoms with van der Waals surface area (Å²) in [7, 11) is 0. The van der Waals surface area contributed by atoms with E-state index in [-0.39, 0.29) is 0 Å². The molecule has 0 aliphatic heterocycles. The molecule has 0 aliphatic rings. The van der Waals surface area contributed by atoms with Gasteiger partial charge in [0.25, 0.3) is 0 Å². The standard InChI is InChI=1S/C14H26N4/c1-6-15-13-7-14(18-9-17-13)16-8-12(10(2)3)11(4)5/h7,9-12H,6,8H2,1-5H3,(H2,15,16,17,18). The molecule has 18 heavy (non-hydrogen) atoms. The maximum absolute atomic E-state index is 4.25. The first-order valence-electron chi connectivity index (χ1n) is 6.84. The van der Waals surface area contributed by atoms with E-state index in [0.717, 1.165) is 24.7 Å². The van der Waals surface area contributed by atoms with E-state index in [1.165, 1.54) is 0 Å². The van der Waals surface area contributed by atoms with Crippen LogP contribution in [-0.2, 0) is 0 Å². The van der Waals surface area contributed by atoms with Crippen molar-refractivity contribution >= 4 is 11.6 Å². The van der Waals surface area contributed by atoms with Gasteiger partial charge in [-0.05, 0) is 24.7 Å². The quantitative estimate of drug-likeness (QED) is 0.780. The van der Waals surface area contributed by atoms with Crippen molar-refractivity contribution in [1.29, 1.82) is 0 Å². The molecule has 1 rings (SSSR count). The van der Waals surface area contributed by atoms with Crippen molar-refractivity contribution in [3.8, 4) is 0 Å². The molecule has 4 heteroatoms. The zero-order valence-electron chi connectivity index (χ0n) is 12.2. The Morgan fingerprint density at radius 2 is 1.56 bits per heavy atom. The van der Waals surface area contributed by atoms with Gasteiger partial charge in [-0.15, -0.1) is 0 Å². The van der Waals surface area contributed by atoms with Gasteiger partial charge in [0.2, 0.25) is 0 Å². The third-order valence-corrected chi connectivity index (χ3v) is 3.26. The zero-order chi connectivity index (χ0) is 13.5. The lowest BCUT2D eigenvalue weighted by atomic mass is 9.85. The van der Waals surface area contributed by atoms with Gasteiger partial charge in [0.15, 0.2) is 0 Å². The van der Waals surface area contributed by atoms with E-state index in [2.05, 4.69) is 55.2 Å². The van der Waals surface area contributed by atoms with Crippen LogP contribution in [0.5, 0.6) is 0 Å². The number of hydrogen-bond donors (Lipinski definition) is 2. The molecule has 0 saturated heterocycles. The van der Waals surface area contributed by atoms with E-state index >= 15 is 0 Å². The molecule has 102 valence electrons. The summed E-state index contributed by atoms with van der Waals surface area (Å²) in [5.74, 6) is 3.77. The van der Waals surface area contributed by atoms with Crippen LogP contribution in [0.1, 0.15) is 34.6 Å². The molecule has 0 radical (unpaired) electrons. The molecule has 1 aromatic heterocycles. The highest BCUT2D eigenvalue weighted by Crippen LogP contribution is 2.21. The molecule has 0 spiro atoms. The summed E-state index contributed by atoms with van der Waals surface area (Å²) >= 11 is 0. The number of nitrogens with one attached hydrogen (secondary N) is 2. The van der Waals surface area contributed by atoms with E-state index in [1.807, 2.05) is 6.07 Å². The summed E-state index contributed by atoms with van der Waals surface area (Å²) in [6, 6.07) is 1.96. The van der Waals surface area contributed by atoms with E-state index in [1.54, 1.807) is 6.33 Å². The molecule has 0 aliphatic carbocycles. The maximum Gasteiger partial charge on any atom is 0.131 e. The predicted octanol–water partition coefficient (Wildman–Crippen LogP) is 3.25. The Bertz CT molecular complexity index is 341. The second-order valence-electron chi connectivity index (χ2n) is 5.35. The number of rotatable bonds is 7. The van der Waals surface area contributed by atoms with Crippen molar-refractivity contribution < 1.29 is 0 Å². The lowest BCUT2D eigenvalue weighted by Crippen LogP contribution is -2.24. The first-order chi connectivity index (χ1) is 8.54. The normalized spacial score (nSPS) is 11.3. The molecule has 0 unspecified atom stereocenters. The lowest BCUT2D eigenvalue weighted by molar-refractivity contribution is 0.304. The molecular formula is C14H26N4. The largest absolute Gasteiger partial charge is 0.370 e. The Balaban J connectivity index is 2.59. The molecule has 1 heterocycles. The SMILES string of the molecule is CCNc1cc(NCC(C(C)C)C(C)C)ncn1. The first kappa shape index (κ1) is 14.7. The minimum Gasteiger partial charge on any atom is -0.370 e. The Labute approximate surface area is 111 Å². The minimum absolute atomic E-state index is 0.655. The Hall–Kier alpha value is -1.32. The van der Waals surface area contributed by atoms with Gasteiger partial charge in [-0.2, -0.15) is 0 Å². The Morgan fingerprint density at radius 3 is 2.06 bits per heavy atom. The third kappa shape index (κ3) is 4.51. The number of nitrogens with zero attached hydrogens (tertiary/aromatic N) is 2. The van der Waals surface area contributed by atoms with Gasteiger partial charge in [-0.1, -0.05) is 27.7 Å². The van der Waals surface area contributed by atoms with Crippen LogP contribution in [0.15, 0.2) is 12.4 Å². The molecule has 1 aromatic rings. The summed E-state index contributed by atoms with van der Waals surface area (Å²) in [6.07, 6.45) is 1.60. The highest BCUT2D eigenvalue weighted by atomic mass is 15.1. The molecule has 0 amide bonds. The fourth-order valence-electron chi connectivity index (χ4n) is 2.20. The number of aromatic nitrogens is 2. The van der Waals surface area contributed by atoms with Gasteiger partial charge in [-0.3, -0.25) is 0 Å². The summed E-state index contributed by atoms with van der Waals surface area (Å²) in [5, 5.41) is 6.61. The Morgan fingerprint density at radius 1 is 1.00 bits per heavy atom. The fourth-order valence-corrected chi connectivity index (χ4v) is 2.20. The third-order valence-electron chi connectivity index (χ3n) is 3.26. The van der Waals surface area contributed by atoms with E-state index in [9.17, 15) is 0 Å². The van der Waals surface area contributed by atoms with Crippen LogP contribution in [0.25, 0.3) is 0 Å². The van der Waals surface area contributed by atoms with Crippen molar-refractivity contribution in [3.05, 3.63) is 12.4 Å². The molecular weight excluding hydrogens is 224 g/mol. The van der Waals surface area contributed by atoms with E-state index < -0.39 is 0 Å². The average Bonchev–Trinajstić information content (AvgIpc) is 2.29. The summed E-state index contributed by atoms with van der Waals surface area (Å²) in [6.45, 7) is 13.0. The molecule has 2 N–H and O–H groups in total. The van der Waals surface area contributed by atoms with Crippen LogP contribution in [0.2, 0.25) is 0 Å². The van der Waals surface area contributed by atoms with Crippen molar-refractivity contribution in [2.45, 2.75) is 34.6 Å². The van der Waals surface area contributed by atoms with Gasteiger partial charge >= 0.3 is 0 Å². The topological polar surface area (TPSA) is 49.8 Å². The molecule has 0 fully saturated rings. The number of hydrogen-bond acceptors (Lipinski definition) is 4. The predicted molar refractivity (Wildman–Crippen MR) is 77.9 cm³/mol. The van der Waals surface area contributed by atoms with Crippen LogP contribution < -0.4 is 10.6 Å². The average molecular weight is 250 g/mol. The van der Waals surface area contributed by atoms with Crippen LogP contribution in [0.4, 0.5) is 11.6 Å². The van der Waals surface area contributed by atoms with Crippen molar-refractivity contribution in [3.63, 3.8) is 0 Å². The first-order valence-corrected chi connectivity index (χ1v) is 6.84. The van der Waals surface area contributed by atoms with Gasteiger partial charge in [0.1, 0.15) is 18.0 Å². The molecule has 0 bridgehead atoms. The lowest BCUT2D eigenvalue weighted by Gasteiger charge is -2.25. The molecule has 4 nitrogen and oxygen atoms in total. The van der Waals surface area contributed by atoms with Crippen LogP contribution >= 0.6 is 0 Å². The fraction of sp³-hybridized carbons (Fsp3) is 0.714. The van der Waals surface area contributed by atoms with Gasteiger partial charge in [0, 0.05) is 19.2 Å². The van der Waals surface area contributed by atoms with Crippen LogP contribution in [0.3, 0.4) is 0 Å². The van der Waals surface area contributed by atoms with Crippen molar-refractivity contribution in [2.75, 3.05) is 23.7 Å². The minimum atomic E-state index is 0.655. The highest BCUT2D eigenvalue weighted by Gasteiger charge is 2.17.